The van der Waals surface area contributed by atoms with E-state index in [4.69, 9.17) is 20.8 Å². The van der Waals surface area contributed by atoms with Gasteiger partial charge in [-0.05, 0) is 43.2 Å². The van der Waals surface area contributed by atoms with Crippen molar-refractivity contribution in [3.8, 4) is 5.75 Å². The van der Waals surface area contributed by atoms with E-state index in [1.54, 1.807) is 24.3 Å². The maximum atomic E-state index is 12.5. The lowest BCUT2D eigenvalue weighted by Crippen LogP contribution is -2.27. The summed E-state index contributed by atoms with van der Waals surface area (Å²) in [6.07, 6.45) is 0.790. The number of nitrogens with one attached hydrogen (secondary N) is 1. The van der Waals surface area contributed by atoms with Gasteiger partial charge in [0, 0.05) is 0 Å². The molecular weight excluding hydrogens is 362 g/mol. The SMILES string of the molecule is CCC(NC(=O)c1ccc(COc2ccccc2Cl)o1)c1ccc(C)cc1. The number of carbonyl (C=O) groups is 1. The normalized spacial score (nSPS) is 11.8. The topological polar surface area (TPSA) is 51.5 Å². The summed E-state index contributed by atoms with van der Waals surface area (Å²) in [6.45, 7) is 4.28. The predicted molar refractivity (Wildman–Crippen MR) is 106 cm³/mol. The lowest BCUT2D eigenvalue weighted by Gasteiger charge is -2.17. The number of rotatable bonds is 7. The van der Waals surface area contributed by atoms with E-state index in [1.165, 1.54) is 5.56 Å². The summed E-state index contributed by atoms with van der Waals surface area (Å²) in [5.74, 6) is 1.15. The smallest absolute Gasteiger partial charge is 0.287 e. The Labute approximate surface area is 164 Å². The highest BCUT2D eigenvalue weighted by Crippen LogP contribution is 2.24. The average molecular weight is 384 g/mol. The third kappa shape index (κ3) is 4.92. The van der Waals surface area contributed by atoms with Crippen LogP contribution in [0, 0.1) is 6.92 Å². The van der Waals surface area contributed by atoms with Crippen LogP contribution in [0.4, 0.5) is 0 Å². The van der Waals surface area contributed by atoms with Gasteiger partial charge in [-0.25, -0.2) is 0 Å². The highest BCUT2D eigenvalue weighted by atomic mass is 35.5. The number of aryl methyl sites for hydroxylation is 1. The number of amides is 1. The lowest BCUT2D eigenvalue weighted by molar-refractivity contribution is 0.0903. The maximum absolute atomic E-state index is 12.5. The van der Waals surface area contributed by atoms with E-state index in [9.17, 15) is 4.79 Å². The third-order valence-electron chi connectivity index (χ3n) is 4.29. The number of hydrogen-bond donors (Lipinski definition) is 1. The largest absolute Gasteiger partial charge is 0.484 e. The van der Waals surface area contributed by atoms with Crippen molar-refractivity contribution >= 4 is 17.5 Å². The maximum Gasteiger partial charge on any atom is 0.287 e. The first-order valence-corrected chi connectivity index (χ1v) is 9.28. The highest BCUT2D eigenvalue weighted by molar-refractivity contribution is 6.32. The van der Waals surface area contributed by atoms with Crippen LogP contribution in [0.25, 0.3) is 0 Å². The van der Waals surface area contributed by atoms with Gasteiger partial charge >= 0.3 is 0 Å². The van der Waals surface area contributed by atoms with Gasteiger partial charge in [0.05, 0.1) is 11.1 Å². The number of para-hydroxylation sites is 1. The van der Waals surface area contributed by atoms with E-state index in [-0.39, 0.29) is 24.3 Å². The van der Waals surface area contributed by atoms with Gasteiger partial charge in [-0.15, -0.1) is 0 Å². The van der Waals surface area contributed by atoms with E-state index < -0.39 is 0 Å². The van der Waals surface area contributed by atoms with Crippen molar-refractivity contribution < 1.29 is 13.9 Å². The van der Waals surface area contributed by atoms with Crippen molar-refractivity contribution in [2.45, 2.75) is 32.9 Å². The van der Waals surface area contributed by atoms with Crippen LogP contribution in [0.15, 0.2) is 65.1 Å². The summed E-state index contributed by atoms with van der Waals surface area (Å²) in [7, 11) is 0. The molecule has 0 bridgehead atoms. The molecular formula is C22H22ClNO3. The van der Waals surface area contributed by atoms with Crippen LogP contribution in [-0.2, 0) is 6.61 Å². The standard InChI is InChI=1S/C22H22ClNO3/c1-3-19(16-10-8-15(2)9-11-16)24-22(25)21-13-12-17(27-21)14-26-20-7-5-4-6-18(20)23/h4-13,19H,3,14H2,1-2H3,(H,24,25). The molecule has 3 rings (SSSR count). The zero-order valence-corrected chi connectivity index (χ0v) is 16.1. The van der Waals surface area contributed by atoms with E-state index >= 15 is 0 Å². The molecule has 0 aliphatic heterocycles. The molecule has 1 amide bonds. The van der Waals surface area contributed by atoms with Crippen LogP contribution < -0.4 is 10.1 Å². The molecule has 0 spiro atoms. The first-order chi connectivity index (χ1) is 13.1. The minimum absolute atomic E-state index is 0.0639. The fourth-order valence-corrected chi connectivity index (χ4v) is 2.93. The second-order valence-corrected chi connectivity index (χ2v) is 6.74. The average Bonchev–Trinajstić information content (AvgIpc) is 3.15. The van der Waals surface area contributed by atoms with Crippen LogP contribution in [0.1, 0.15) is 46.8 Å². The first kappa shape index (κ1) is 19.1. The summed E-state index contributed by atoms with van der Waals surface area (Å²) in [5, 5.41) is 3.55. The zero-order chi connectivity index (χ0) is 19.2. The predicted octanol–water partition coefficient (Wildman–Crippen LogP) is 5.70. The molecule has 0 aliphatic carbocycles. The molecule has 1 heterocycles. The fraction of sp³-hybridized carbons (Fsp3) is 0.227. The molecule has 2 aromatic carbocycles. The van der Waals surface area contributed by atoms with Crippen molar-refractivity contribution in [3.63, 3.8) is 0 Å². The Balaban J connectivity index is 1.62. The molecule has 1 N–H and O–H groups in total. The van der Waals surface area contributed by atoms with Gasteiger partial charge < -0.3 is 14.5 Å². The third-order valence-corrected chi connectivity index (χ3v) is 4.60. The molecule has 0 saturated heterocycles. The molecule has 1 unspecified atom stereocenters. The van der Waals surface area contributed by atoms with E-state index in [0.29, 0.717) is 16.5 Å². The van der Waals surface area contributed by atoms with Gasteiger partial charge in [0.15, 0.2) is 5.76 Å². The molecule has 1 atom stereocenters. The van der Waals surface area contributed by atoms with Crippen molar-refractivity contribution in [1.29, 1.82) is 0 Å². The highest BCUT2D eigenvalue weighted by Gasteiger charge is 2.17. The number of halogens is 1. The molecule has 0 aliphatic rings. The second-order valence-electron chi connectivity index (χ2n) is 6.33. The Hall–Kier alpha value is -2.72. The molecule has 0 radical (unpaired) electrons. The Kier molecular flexibility index (Phi) is 6.20. The van der Waals surface area contributed by atoms with Crippen LogP contribution in [-0.4, -0.2) is 5.91 Å². The zero-order valence-electron chi connectivity index (χ0n) is 15.4. The monoisotopic (exact) mass is 383 g/mol. The summed E-state index contributed by atoms with van der Waals surface area (Å²) < 4.78 is 11.3. The number of carbonyl (C=O) groups excluding carboxylic acids is 1. The Bertz CT molecular complexity index is 902. The molecule has 0 saturated carbocycles. The fourth-order valence-electron chi connectivity index (χ4n) is 2.74. The van der Waals surface area contributed by atoms with Crippen LogP contribution in [0.2, 0.25) is 5.02 Å². The molecule has 4 nitrogen and oxygen atoms in total. The molecule has 1 aromatic heterocycles. The Morgan fingerprint density at radius 3 is 2.56 bits per heavy atom. The summed E-state index contributed by atoms with van der Waals surface area (Å²) in [6, 6.07) is 18.7. The number of benzene rings is 2. The van der Waals surface area contributed by atoms with E-state index in [1.807, 2.05) is 50.2 Å². The number of ether oxygens (including phenoxy) is 1. The molecule has 3 aromatic rings. The first-order valence-electron chi connectivity index (χ1n) is 8.90. The van der Waals surface area contributed by atoms with Crippen LogP contribution >= 0.6 is 11.6 Å². The Morgan fingerprint density at radius 2 is 1.85 bits per heavy atom. The molecule has 5 heteroatoms. The number of furan rings is 1. The minimum Gasteiger partial charge on any atom is -0.484 e. The van der Waals surface area contributed by atoms with E-state index in [2.05, 4.69) is 5.32 Å². The lowest BCUT2D eigenvalue weighted by atomic mass is 10.0. The Morgan fingerprint density at radius 1 is 1.11 bits per heavy atom. The van der Waals surface area contributed by atoms with Crippen molar-refractivity contribution in [1.82, 2.24) is 5.32 Å². The van der Waals surface area contributed by atoms with Crippen molar-refractivity contribution in [2.75, 3.05) is 0 Å². The van der Waals surface area contributed by atoms with Gasteiger partial charge in [0.25, 0.3) is 5.91 Å². The van der Waals surface area contributed by atoms with Gasteiger partial charge in [0.1, 0.15) is 18.1 Å². The van der Waals surface area contributed by atoms with Gasteiger partial charge in [0.2, 0.25) is 0 Å². The van der Waals surface area contributed by atoms with Crippen LogP contribution in [0.5, 0.6) is 5.75 Å². The summed E-state index contributed by atoms with van der Waals surface area (Å²) in [5.41, 5.74) is 2.26. The summed E-state index contributed by atoms with van der Waals surface area (Å²) in [4.78, 5) is 12.5. The number of hydrogen-bond acceptors (Lipinski definition) is 3. The van der Waals surface area contributed by atoms with Crippen molar-refractivity contribution in [2.24, 2.45) is 0 Å². The second kappa shape index (κ2) is 8.78. The van der Waals surface area contributed by atoms with Crippen molar-refractivity contribution in [3.05, 3.63) is 88.3 Å². The van der Waals surface area contributed by atoms with Gasteiger partial charge in [-0.3, -0.25) is 4.79 Å². The molecule has 0 fully saturated rings. The van der Waals surface area contributed by atoms with E-state index in [0.717, 1.165) is 12.0 Å². The van der Waals surface area contributed by atoms with Crippen LogP contribution in [0.3, 0.4) is 0 Å². The quantitative estimate of drug-likeness (QED) is 0.569. The van der Waals surface area contributed by atoms with Gasteiger partial charge in [-0.2, -0.15) is 0 Å². The molecule has 27 heavy (non-hydrogen) atoms. The minimum atomic E-state index is -0.244. The summed E-state index contributed by atoms with van der Waals surface area (Å²) >= 11 is 6.07. The molecule has 140 valence electrons. The van der Waals surface area contributed by atoms with Gasteiger partial charge in [-0.1, -0.05) is 60.5 Å².